The SMILES string of the molecule is CC1(C)CCC(NC(=O)COc2ccc(C#N)cc2)CC1. The molecule has 1 aromatic carbocycles. The molecule has 1 amide bonds. The summed E-state index contributed by atoms with van der Waals surface area (Å²) in [7, 11) is 0. The fourth-order valence-electron chi connectivity index (χ4n) is 2.59. The Hall–Kier alpha value is -2.02. The Bertz CT molecular complexity index is 519. The molecule has 0 atom stereocenters. The van der Waals surface area contributed by atoms with Crippen molar-refractivity contribution in [2.45, 2.75) is 45.6 Å². The lowest BCUT2D eigenvalue weighted by molar-refractivity contribution is -0.124. The average molecular weight is 286 g/mol. The summed E-state index contributed by atoms with van der Waals surface area (Å²) in [5, 5.41) is 11.7. The molecule has 2 rings (SSSR count). The molecule has 0 saturated heterocycles. The molecule has 1 aliphatic carbocycles. The molecule has 1 aliphatic rings. The van der Waals surface area contributed by atoms with E-state index in [0.717, 1.165) is 25.7 Å². The molecular formula is C17H22N2O2. The summed E-state index contributed by atoms with van der Waals surface area (Å²) in [6.07, 6.45) is 4.37. The van der Waals surface area contributed by atoms with Gasteiger partial charge in [-0.15, -0.1) is 0 Å². The van der Waals surface area contributed by atoms with Gasteiger partial charge in [-0.2, -0.15) is 5.26 Å². The van der Waals surface area contributed by atoms with Gasteiger partial charge in [0.1, 0.15) is 5.75 Å². The summed E-state index contributed by atoms with van der Waals surface area (Å²) in [6.45, 7) is 4.57. The number of hydrogen-bond donors (Lipinski definition) is 1. The Morgan fingerprint density at radius 1 is 1.33 bits per heavy atom. The zero-order valence-electron chi connectivity index (χ0n) is 12.7. The number of carbonyl (C=O) groups excluding carboxylic acids is 1. The van der Waals surface area contributed by atoms with Crippen LogP contribution in [0.5, 0.6) is 5.75 Å². The number of nitriles is 1. The molecule has 0 unspecified atom stereocenters. The van der Waals surface area contributed by atoms with Crippen LogP contribution in [0.1, 0.15) is 45.1 Å². The van der Waals surface area contributed by atoms with E-state index >= 15 is 0 Å². The second-order valence-corrected chi connectivity index (χ2v) is 6.43. The smallest absolute Gasteiger partial charge is 0.258 e. The van der Waals surface area contributed by atoms with Crippen molar-refractivity contribution in [2.75, 3.05) is 6.61 Å². The van der Waals surface area contributed by atoms with E-state index in [9.17, 15) is 4.79 Å². The van der Waals surface area contributed by atoms with Crippen molar-refractivity contribution in [1.29, 1.82) is 5.26 Å². The number of nitrogens with one attached hydrogen (secondary N) is 1. The lowest BCUT2D eigenvalue weighted by atomic mass is 9.75. The summed E-state index contributed by atoms with van der Waals surface area (Å²) >= 11 is 0. The monoisotopic (exact) mass is 286 g/mol. The van der Waals surface area contributed by atoms with Crippen molar-refractivity contribution in [2.24, 2.45) is 5.41 Å². The van der Waals surface area contributed by atoms with Crippen LogP contribution in [-0.2, 0) is 4.79 Å². The predicted molar refractivity (Wildman–Crippen MR) is 80.8 cm³/mol. The van der Waals surface area contributed by atoms with Crippen molar-refractivity contribution >= 4 is 5.91 Å². The first-order valence-corrected chi connectivity index (χ1v) is 7.41. The second kappa shape index (κ2) is 6.62. The second-order valence-electron chi connectivity index (χ2n) is 6.43. The molecule has 0 aliphatic heterocycles. The third-order valence-electron chi connectivity index (χ3n) is 4.06. The maximum Gasteiger partial charge on any atom is 0.258 e. The quantitative estimate of drug-likeness (QED) is 0.925. The van der Waals surface area contributed by atoms with Crippen molar-refractivity contribution < 1.29 is 9.53 Å². The first-order valence-electron chi connectivity index (χ1n) is 7.41. The van der Waals surface area contributed by atoms with Crippen molar-refractivity contribution in [1.82, 2.24) is 5.32 Å². The number of hydrogen-bond acceptors (Lipinski definition) is 3. The van der Waals surface area contributed by atoms with Gasteiger partial charge in [-0.3, -0.25) is 4.79 Å². The lowest BCUT2D eigenvalue weighted by Gasteiger charge is -2.34. The highest BCUT2D eigenvalue weighted by Gasteiger charge is 2.27. The Labute approximate surface area is 126 Å². The summed E-state index contributed by atoms with van der Waals surface area (Å²) in [6, 6.07) is 9.08. The van der Waals surface area contributed by atoms with E-state index in [4.69, 9.17) is 10.00 Å². The highest BCUT2D eigenvalue weighted by atomic mass is 16.5. The number of rotatable bonds is 4. The lowest BCUT2D eigenvalue weighted by Crippen LogP contribution is -2.41. The molecule has 0 radical (unpaired) electrons. The Morgan fingerprint density at radius 3 is 2.52 bits per heavy atom. The standard InChI is InChI=1S/C17H22N2O2/c1-17(2)9-7-14(8-10-17)19-16(20)12-21-15-5-3-13(11-18)4-6-15/h3-6,14H,7-10,12H2,1-2H3,(H,19,20). The molecule has 21 heavy (non-hydrogen) atoms. The van der Waals surface area contributed by atoms with E-state index in [1.54, 1.807) is 24.3 Å². The predicted octanol–water partition coefficient (Wildman–Crippen LogP) is 3.02. The zero-order valence-corrected chi connectivity index (χ0v) is 12.7. The first kappa shape index (κ1) is 15.4. The van der Waals surface area contributed by atoms with Gasteiger partial charge >= 0.3 is 0 Å². The van der Waals surface area contributed by atoms with E-state index in [1.165, 1.54) is 0 Å². The fraction of sp³-hybridized carbons (Fsp3) is 0.529. The van der Waals surface area contributed by atoms with E-state index in [0.29, 0.717) is 16.7 Å². The fourth-order valence-corrected chi connectivity index (χ4v) is 2.59. The minimum absolute atomic E-state index is 0.0196. The molecule has 112 valence electrons. The van der Waals surface area contributed by atoms with Crippen LogP contribution in [0.4, 0.5) is 0 Å². The van der Waals surface area contributed by atoms with Crippen molar-refractivity contribution in [3.05, 3.63) is 29.8 Å². The van der Waals surface area contributed by atoms with Crippen molar-refractivity contribution in [3.8, 4) is 11.8 Å². The Morgan fingerprint density at radius 2 is 1.95 bits per heavy atom. The van der Waals surface area contributed by atoms with Gasteiger partial charge in [-0.1, -0.05) is 13.8 Å². The highest BCUT2D eigenvalue weighted by Crippen LogP contribution is 2.34. The van der Waals surface area contributed by atoms with Crippen LogP contribution in [0.3, 0.4) is 0 Å². The number of carbonyl (C=O) groups is 1. The molecule has 0 aromatic heterocycles. The summed E-state index contributed by atoms with van der Waals surface area (Å²) < 4.78 is 5.43. The van der Waals surface area contributed by atoms with Gasteiger partial charge < -0.3 is 10.1 Å². The molecule has 4 heteroatoms. The number of ether oxygens (including phenoxy) is 1. The molecule has 0 bridgehead atoms. The maximum atomic E-state index is 11.9. The van der Waals surface area contributed by atoms with Crippen LogP contribution in [0.25, 0.3) is 0 Å². The Balaban J connectivity index is 1.73. The third-order valence-corrected chi connectivity index (χ3v) is 4.06. The topological polar surface area (TPSA) is 62.1 Å². The van der Waals surface area contributed by atoms with Crippen LogP contribution < -0.4 is 10.1 Å². The van der Waals surface area contributed by atoms with Crippen LogP contribution in [0.15, 0.2) is 24.3 Å². The summed E-state index contributed by atoms with van der Waals surface area (Å²) in [5.41, 5.74) is 0.983. The van der Waals surface area contributed by atoms with Crippen LogP contribution >= 0.6 is 0 Å². The normalized spacial score (nSPS) is 17.8. The summed E-state index contributed by atoms with van der Waals surface area (Å²) in [5.74, 6) is 0.526. The van der Waals surface area contributed by atoms with Gasteiger partial charge in [0.15, 0.2) is 6.61 Å². The van der Waals surface area contributed by atoms with Gasteiger partial charge in [0.2, 0.25) is 0 Å². The molecule has 1 aromatic rings. The van der Waals surface area contributed by atoms with Gasteiger partial charge in [-0.25, -0.2) is 0 Å². The minimum Gasteiger partial charge on any atom is -0.484 e. The average Bonchev–Trinajstić information content (AvgIpc) is 2.48. The van der Waals surface area contributed by atoms with Gasteiger partial charge in [-0.05, 0) is 55.4 Å². The molecule has 1 saturated carbocycles. The summed E-state index contributed by atoms with van der Waals surface area (Å²) in [4.78, 5) is 11.9. The maximum absolute atomic E-state index is 11.9. The molecule has 4 nitrogen and oxygen atoms in total. The third kappa shape index (κ3) is 4.78. The first-order chi connectivity index (χ1) is 9.98. The van der Waals surface area contributed by atoms with Crippen LogP contribution in [0.2, 0.25) is 0 Å². The van der Waals surface area contributed by atoms with Gasteiger partial charge in [0, 0.05) is 6.04 Å². The highest BCUT2D eigenvalue weighted by molar-refractivity contribution is 5.77. The molecule has 0 spiro atoms. The van der Waals surface area contributed by atoms with E-state index in [1.807, 2.05) is 6.07 Å². The molecule has 1 N–H and O–H groups in total. The minimum atomic E-state index is -0.0796. The number of nitrogens with zero attached hydrogens (tertiary/aromatic N) is 1. The van der Waals surface area contributed by atoms with E-state index in [2.05, 4.69) is 19.2 Å². The molecule has 1 fully saturated rings. The zero-order chi connectivity index (χ0) is 15.3. The Kier molecular flexibility index (Phi) is 4.85. The number of amides is 1. The van der Waals surface area contributed by atoms with Crippen LogP contribution in [-0.4, -0.2) is 18.6 Å². The van der Waals surface area contributed by atoms with Gasteiger partial charge in [0.25, 0.3) is 5.91 Å². The van der Waals surface area contributed by atoms with E-state index < -0.39 is 0 Å². The van der Waals surface area contributed by atoms with Crippen molar-refractivity contribution in [3.63, 3.8) is 0 Å². The molecule has 0 heterocycles. The van der Waals surface area contributed by atoms with Gasteiger partial charge in [0.05, 0.1) is 11.6 Å². The largest absolute Gasteiger partial charge is 0.484 e. The molecular weight excluding hydrogens is 264 g/mol. The van der Waals surface area contributed by atoms with Crippen LogP contribution in [0, 0.1) is 16.7 Å². The number of benzene rings is 1. The van der Waals surface area contributed by atoms with E-state index in [-0.39, 0.29) is 18.6 Å².